The Hall–Kier alpha value is -1.58. The summed E-state index contributed by atoms with van der Waals surface area (Å²) in [6, 6.07) is 10.5. The van der Waals surface area contributed by atoms with E-state index >= 15 is 0 Å². The SMILES string of the molecule is Cc1ccnc(Cl)c1NC1CC(N)c2ccccc21. The van der Waals surface area contributed by atoms with Gasteiger partial charge in [0.05, 0.1) is 11.7 Å². The molecular weight excluding hydrogens is 258 g/mol. The smallest absolute Gasteiger partial charge is 0.152 e. The van der Waals surface area contributed by atoms with Gasteiger partial charge in [-0.15, -0.1) is 0 Å². The van der Waals surface area contributed by atoms with E-state index in [-0.39, 0.29) is 12.1 Å². The Morgan fingerprint density at radius 1 is 1.26 bits per heavy atom. The molecule has 3 rings (SSSR count). The van der Waals surface area contributed by atoms with Gasteiger partial charge in [-0.05, 0) is 36.1 Å². The van der Waals surface area contributed by atoms with Crippen LogP contribution in [-0.4, -0.2) is 4.98 Å². The number of rotatable bonds is 2. The third-order valence-corrected chi connectivity index (χ3v) is 3.98. The van der Waals surface area contributed by atoms with Crippen LogP contribution in [0.4, 0.5) is 5.69 Å². The first-order valence-corrected chi connectivity index (χ1v) is 6.76. The minimum absolute atomic E-state index is 0.0875. The second-order valence-electron chi connectivity index (χ2n) is 4.96. The summed E-state index contributed by atoms with van der Waals surface area (Å²) < 4.78 is 0. The molecule has 0 aliphatic heterocycles. The van der Waals surface area contributed by atoms with Gasteiger partial charge in [0.25, 0.3) is 0 Å². The molecule has 1 aliphatic carbocycles. The number of aryl methyl sites for hydroxylation is 1. The lowest BCUT2D eigenvalue weighted by Crippen LogP contribution is -2.11. The number of anilines is 1. The van der Waals surface area contributed by atoms with E-state index in [1.165, 1.54) is 11.1 Å². The third kappa shape index (κ3) is 2.20. The number of nitrogens with zero attached hydrogens (tertiary/aromatic N) is 1. The van der Waals surface area contributed by atoms with E-state index in [4.69, 9.17) is 17.3 Å². The lowest BCUT2D eigenvalue weighted by molar-refractivity contribution is 0.648. The molecule has 1 aromatic carbocycles. The number of fused-ring (bicyclic) bond motifs is 1. The first kappa shape index (κ1) is 12.5. The van der Waals surface area contributed by atoms with E-state index in [9.17, 15) is 0 Å². The van der Waals surface area contributed by atoms with Gasteiger partial charge in [0, 0.05) is 12.2 Å². The average Bonchev–Trinajstić information content (AvgIpc) is 2.72. The van der Waals surface area contributed by atoms with Crippen molar-refractivity contribution in [3.05, 3.63) is 58.4 Å². The van der Waals surface area contributed by atoms with Gasteiger partial charge in [-0.25, -0.2) is 4.98 Å². The summed E-state index contributed by atoms with van der Waals surface area (Å²) in [4.78, 5) is 4.13. The molecule has 0 bridgehead atoms. The lowest BCUT2D eigenvalue weighted by atomic mass is 10.1. The normalized spacial score (nSPS) is 21.2. The van der Waals surface area contributed by atoms with Gasteiger partial charge in [-0.3, -0.25) is 0 Å². The molecule has 0 radical (unpaired) electrons. The van der Waals surface area contributed by atoms with Crippen LogP contribution in [0.25, 0.3) is 0 Å². The van der Waals surface area contributed by atoms with E-state index < -0.39 is 0 Å². The van der Waals surface area contributed by atoms with Crippen LogP contribution in [-0.2, 0) is 0 Å². The van der Waals surface area contributed by atoms with E-state index in [1.54, 1.807) is 6.20 Å². The predicted molar refractivity (Wildman–Crippen MR) is 78.3 cm³/mol. The average molecular weight is 274 g/mol. The third-order valence-electron chi connectivity index (χ3n) is 3.69. The van der Waals surface area contributed by atoms with Crippen molar-refractivity contribution in [2.75, 3.05) is 5.32 Å². The van der Waals surface area contributed by atoms with Crippen LogP contribution in [0, 0.1) is 6.92 Å². The Morgan fingerprint density at radius 2 is 2.00 bits per heavy atom. The highest BCUT2D eigenvalue weighted by Gasteiger charge is 2.28. The Labute approximate surface area is 117 Å². The number of benzene rings is 1. The van der Waals surface area contributed by atoms with Crippen LogP contribution in [0.1, 0.15) is 35.2 Å². The molecule has 1 aliphatic rings. The van der Waals surface area contributed by atoms with Gasteiger partial charge in [-0.2, -0.15) is 0 Å². The molecule has 3 N–H and O–H groups in total. The van der Waals surface area contributed by atoms with E-state index in [0.29, 0.717) is 5.15 Å². The molecule has 0 spiro atoms. The molecule has 4 heteroatoms. The van der Waals surface area contributed by atoms with Crippen molar-refractivity contribution in [2.24, 2.45) is 5.73 Å². The Balaban J connectivity index is 1.94. The molecule has 2 unspecified atom stereocenters. The molecule has 19 heavy (non-hydrogen) atoms. The zero-order valence-corrected chi connectivity index (χ0v) is 11.5. The summed E-state index contributed by atoms with van der Waals surface area (Å²) in [7, 11) is 0. The monoisotopic (exact) mass is 273 g/mol. The molecule has 2 aromatic rings. The fraction of sp³-hybridized carbons (Fsp3) is 0.267. The molecule has 1 aromatic heterocycles. The summed E-state index contributed by atoms with van der Waals surface area (Å²) in [5.74, 6) is 0. The van der Waals surface area contributed by atoms with Gasteiger partial charge in [0.2, 0.25) is 0 Å². The molecule has 1 heterocycles. The lowest BCUT2D eigenvalue weighted by Gasteiger charge is -2.18. The summed E-state index contributed by atoms with van der Waals surface area (Å²) in [6.07, 6.45) is 2.60. The highest BCUT2D eigenvalue weighted by molar-refractivity contribution is 6.32. The molecule has 0 fully saturated rings. The van der Waals surface area contributed by atoms with Crippen LogP contribution in [0.15, 0.2) is 36.5 Å². The number of nitrogens with one attached hydrogen (secondary N) is 1. The van der Waals surface area contributed by atoms with Crippen molar-refractivity contribution in [3.63, 3.8) is 0 Å². The standard InChI is InChI=1S/C15H16ClN3/c1-9-6-7-18-15(16)14(9)19-13-8-12(17)10-4-2-3-5-11(10)13/h2-7,12-13,19H,8,17H2,1H3. The van der Waals surface area contributed by atoms with E-state index in [2.05, 4.69) is 22.4 Å². The Bertz CT molecular complexity index is 592. The van der Waals surface area contributed by atoms with Gasteiger partial charge < -0.3 is 11.1 Å². The molecule has 0 amide bonds. The van der Waals surface area contributed by atoms with Crippen molar-refractivity contribution < 1.29 is 0 Å². The molecule has 0 saturated carbocycles. The quantitative estimate of drug-likeness (QED) is 0.822. The molecule has 0 saturated heterocycles. The number of hydrogen-bond acceptors (Lipinski definition) is 3. The first-order valence-electron chi connectivity index (χ1n) is 6.39. The first-order chi connectivity index (χ1) is 9.16. The molecule has 2 atom stereocenters. The van der Waals surface area contributed by atoms with Crippen LogP contribution in [0.5, 0.6) is 0 Å². The fourth-order valence-electron chi connectivity index (χ4n) is 2.68. The zero-order valence-electron chi connectivity index (χ0n) is 10.7. The number of hydrogen-bond donors (Lipinski definition) is 2. The molecule has 98 valence electrons. The Kier molecular flexibility index (Phi) is 3.17. The van der Waals surface area contributed by atoms with Crippen LogP contribution < -0.4 is 11.1 Å². The fourth-order valence-corrected chi connectivity index (χ4v) is 2.94. The maximum atomic E-state index is 6.18. The van der Waals surface area contributed by atoms with Gasteiger partial charge >= 0.3 is 0 Å². The minimum atomic E-state index is 0.0875. The maximum absolute atomic E-state index is 6.18. The molecular formula is C15H16ClN3. The summed E-state index contributed by atoms with van der Waals surface area (Å²) >= 11 is 6.17. The van der Waals surface area contributed by atoms with E-state index in [1.807, 2.05) is 25.1 Å². The van der Waals surface area contributed by atoms with Crippen LogP contribution in [0.3, 0.4) is 0 Å². The van der Waals surface area contributed by atoms with Crippen molar-refractivity contribution >= 4 is 17.3 Å². The van der Waals surface area contributed by atoms with Crippen LogP contribution in [0.2, 0.25) is 5.15 Å². The number of nitrogens with two attached hydrogens (primary N) is 1. The van der Waals surface area contributed by atoms with Crippen molar-refractivity contribution in [2.45, 2.75) is 25.4 Å². The largest absolute Gasteiger partial charge is 0.375 e. The minimum Gasteiger partial charge on any atom is -0.375 e. The second-order valence-corrected chi connectivity index (χ2v) is 5.32. The van der Waals surface area contributed by atoms with E-state index in [0.717, 1.165) is 17.7 Å². The highest BCUT2D eigenvalue weighted by Crippen LogP contribution is 2.40. The topological polar surface area (TPSA) is 50.9 Å². The van der Waals surface area contributed by atoms with Gasteiger partial charge in [0.1, 0.15) is 0 Å². The van der Waals surface area contributed by atoms with Gasteiger partial charge in [0.15, 0.2) is 5.15 Å². The van der Waals surface area contributed by atoms with Crippen LogP contribution >= 0.6 is 11.6 Å². The van der Waals surface area contributed by atoms with Crippen molar-refractivity contribution in [3.8, 4) is 0 Å². The number of pyridine rings is 1. The summed E-state index contributed by atoms with van der Waals surface area (Å²) in [6.45, 7) is 2.02. The predicted octanol–water partition coefficient (Wildman–Crippen LogP) is 3.60. The highest BCUT2D eigenvalue weighted by atomic mass is 35.5. The van der Waals surface area contributed by atoms with Crippen molar-refractivity contribution in [1.82, 2.24) is 4.98 Å². The summed E-state index contributed by atoms with van der Waals surface area (Å²) in [5.41, 5.74) is 10.7. The Morgan fingerprint density at radius 3 is 2.74 bits per heavy atom. The van der Waals surface area contributed by atoms with Gasteiger partial charge in [-0.1, -0.05) is 35.9 Å². The number of halogens is 1. The molecule has 3 nitrogen and oxygen atoms in total. The maximum Gasteiger partial charge on any atom is 0.152 e. The zero-order chi connectivity index (χ0) is 13.4. The number of aromatic nitrogens is 1. The van der Waals surface area contributed by atoms with Crippen molar-refractivity contribution in [1.29, 1.82) is 0 Å². The second kappa shape index (κ2) is 4.83. The summed E-state index contributed by atoms with van der Waals surface area (Å²) in [5, 5.41) is 4.00.